The highest BCUT2D eigenvalue weighted by Crippen LogP contribution is 2.31. The summed E-state index contributed by atoms with van der Waals surface area (Å²) in [5.74, 6) is -0.548. The van der Waals surface area contributed by atoms with Gasteiger partial charge in [-0.2, -0.15) is 5.26 Å². The molecule has 29 heavy (non-hydrogen) atoms. The zero-order chi connectivity index (χ0) is 20.4. The lowest BCUT2D eigenvalue weighted by Gasteiger charge is -2.10. The van der Waals surface area contributed by atoms with Crippen molar-refractivity contribution in [3.63, 3.8) is 0 Å². The van der Waals surface area contributed by atoms with Gasteiger partial charge in [0, 0.05) is 5.02 Å². The second-order valence-electron chi connectivity index (χ2n) is 6.48. The highest BCUT2D eigenvalue weighted by atomic mass is 35.5. The van der Waals surface area contributed by atoms with Crippen LogP contribution < -0.4 is 5.32 Å². The highest BCUT2D eigenvalue weighted by molar-refractivity contribution is 6.36. The summed E-state index contributed by atoms with van der Waals surface area (Å²) >= 11 is 12.1. The van der Waals surface area contributed by atoms with E-state index in [0.29, 0.717) is 15.7 Å². The van der Waals surface area contributed by atoms with Crippen molar-refractivity contribution < 1.29 is 4.79 Å². The second kappa shape index (κ2) is 7.97. The molecule has 0 saturated carbocycles. The summed E-state index contributed by atoms with van der Waals surface area (Å²) < 4.78 is 0. The van der Waals surface area contributed by atoms with Gasteiger partial charge in [-0.15, -0.1) is 0 Å². The molecule has 1 amide bonds. The predicted molar refractivity (Wildman–Crippen MR) is 120 cm³/mol. The molecule has 0 heterocycles. The molecular formula is C24H14Cl2N2O. The Hall–Kier alpha value is -3.32. The molecular weight excluding hydrogens is 403 g/mol. The molecule has 0 fully saturated rings. The minimum atomic E-state index is -0.548. The van der Waals surface area contributed by atoms with Crippen LogP contribution in [-0.4, -0.2) is 5.91 Å². The lowest BCUT2D eigenvalue weighted by molar-refractivity contribution is -0.112. The monoisotopic (exact) mass is 416 g/mol. The quantitative estimate of drug-likeness (QED) is 0.225. The molecule has 3 nitrogen and oxygen atoms in total. The normalized spacial score (nSPS) is 11.4. The number of halogens is 2. The first-order valence-electron chi connectivity index (χ1n) is 8.85. The molecule has 4 rings (SSSR count). The first kappa shape index (κ1) is 19.0. The van der Waals surface area contributed by atoms with Crippen LogP contribution in [0, 0.1) is 11.3 Å². The largest absolute Gasteiger partial charge is 0.320 e. The molecule has 4 aromatic carbocycles. The predicted octanol–water partition coefficient (Wildman–Crippen LogP) is 6.85. The van der Waals surface area contributed by atoms with Gasteiger partial charge in [0.2, 0.25) is 0 Å². The molecule has 4 aromatic rings. The van der Waals surface area contributed by atoms with E-state index in [9.17, 15) is 10.1 Å². The fourth-order valence-corrected chi connectivity index (χ4v) is 3.62. The van der Waals surface area contributed by atoms with Gasteiger partial charge in [-0.05, 0) is 57.4 Å². The van der Waals surface area contributed by atoms with Crippen LogP contribution in [0.4, 0.5) is 5.69 Å². The summed E-state index contributed by atoms with van der Waals surface area (Å²) in [5.41, 5.74) is 1.15. The third kappa shape index (κ3) is 3.82. The number of hydrogen-bond acceptors (Lipinski definition) is 2. The molecule has 0 aromatic heterocycles. The maximum atomic E-state index is 12.8. The average molecular weight is 417 g/mol. The molecule has 0 aliphatic carbocycles. The van der Waals surface area contributed by atoms with Gasteiger partial charge >= 0.3 is 0 Å². The minimum absolute atomic E-state index is 0.0254. The number of nitrogens with zero attached hydrogens (tertiary/aromatic N) is 1. The number of hydrogen-bond donors (Lipinski definition) is 1. The summed E-state index contributed by atoms with van der Waals surface area (Å²) in [4.78, 5) is 12.8. The lowest BCUT2D eigenvalue weighted by Crippen LogP contribution is -2.13. The van der Waals surface area contributed by atoms with Crippen LogP contribution in [0.3, 0.4) is 0 Å². The number of anilines is 1. The van der Waals surface area contributed by atoms with Crippen LogP contribution >= 0.6 is 23.2 Å². The van der Waals surface area contributed by atoms with E-state index in [0.717, 1.165) is 27.1 Å². The van der Waals surface area contributed by atoms with Crippen molar-refractivity contribution >= 4 is 62.4 Å². The third-order valence-corrected chi connectivity index (χ3v) is 5.21. The Morgan fingerprint density at radius 3 is 2.14 bits per heavy atom. The molecule has 0 saturated heterocycles. The molecule has 0 aliphatic heterocycles. The maximum absolute atomic E-state index is 12.8. The highest BCUT2D eigenvalue weighted by Gasteiger charge is 2.14. The number of carbonyl (C=O) groups is 1. The van der Waals surface area contributed by atoms with Gasteiger partial charge in [-0.25, -0.2) is 0 Å². The Balaban J connectivity index is 1.84. The summed E-state index contributed by atoms with van der Waals surface area (Å²) in [6.07, 6.45) is 1.62. The number of fused-ring (bicyclic) bond motifs is 2. The van der Waals surface area contributed by atoms with Gasteiger partial charge in [0.1, 0.15) is 11.6 Å². The van der Waals surface area contributed by atoms with Crippen molar-refractivity contribution in [1.82, 2.24) is 0 Å². The average Bonchev–Trinajstić information content (AvgIpc) is 2.73. The van der Waals surface area contributed by atoms with E-state index < -0.39 is 5.91 Å². The van der Waals surface area contributed by atoms with Crippen molar-refractivity contribution in [3.05, 3.63) is 94.0 Å². The number of nitriles is 1. The van der Waals surface area contributed by atoms with Gasteiger partial charge in [0.15, 0.2) is 0 Å². The third-order valence-electron chi connectivity index (χ3n) is 4.64. The molecule has 140 valence electrons. The number of nitrogens with one attached hydrogen (secondary N) is 1. The zero-order valence-electron chi connectivity index (χ0n) is 15.1. The fourth-order valence-electron chi connectivity index (χ4n) is 3.28. The van der Waals surface area contributed by atoms with E-state index in [2.05, 4.69) is 11.4 Å². The molecule has 0 unspecified atom stereocenters. The second-order valence-corrected chi connectivity index (χ2v) is 7.32. The first-order chi connectivity index (χ1) is 14.1. The minimum Gasteiger partial charge on any atom is -0.320 e. The maximum Gasteiger partial charge on any atom is 0.266 e. The van der Waals surface area contributed by atoms with Crippen molar-refractivity contribution in [3.8, 4) is 6.07 Å². The summed E-state index contributed by atoms with van der Waals surface area (Å²) in [6.45, 7) is 0. The smallest absolute Gasteiger partial charge is 0.266 e. The Morgan fingerprint density at radius 1 is 0.897 bits per heavy atom. The molecule has 5 heteroatoms. The standard InChI is InChI=1S/C24H14Cl2N2O/c25-18-9-10-22(26)23(13-18)28-24(29)17(14-27)12-21-19-7-3-1-5-15(19)11-16-6-2-4-8-20(16)21/h1-13H,(H,28,29)/b17-12+. The number of benzene rings is 4. The Bertz CT molecular complexity index is 1280. The van der Waals surface area contributed by atoms with Crippen LogP contribution in [0.15, 0.2) is 78.4 Å². The van der Waals surface area contributed by atoms with E-state index in [1.54, 1.807) is 24.3 Å². The van der Waals surface area contributed by atoms with Gasteiger partial charge < -0.3 is 5.32 Å². The van der Waals surface area contributed by atoms with Crippen LogP contribution in [-0.2, 0) is 4.79 Å². The molecule has 0 radical (unpaired) electrons. The first-order valence-corrected chi connectivity index (χ1v) is 9.61. The fraction of sp³-hybridized carbons (Fsp3) is 0. The molecule has 0 atom stereocenters. The van der Waals surface area contributed by atoms with E-state index in [4.69, 9.17) is 23.2 Å². The number of amides is 1. The number of carbonyl (C=O) groups excluding carboxylic acids is 1. The van der Waals surface area contributed by atoms with Crippen LogP contribution in [0.25, 0.3) is 27.6 Å². The molecule has 1 N–H and O–H groups in total. The summed E-state index contributed by atoms with van der Waals surface area (Å²) in [6, 6.07) is 24.6. The van der Waals surface area contributed by atoms with E-state index in [1.807, 2.05) is 54.6 Å². The van der Waals surface area contributed by atoms with E-state index >= 15 is 0 Å². The van der Waals surface area contributed by atoms with Crippen LogP contribution in [0.1, 0.15) is 5.56 Å². The molecule has 0 aliphatic rings. The van der Waals surface area contributed by atoms with Gasteiger partial charge in [-0.3, -0.25) is 4.79 Å². The Kier molecular flexibility index (Phi) is 5.22. The van der Waals surface area contributed by atoms with Gasteiger partial charge in [0.05, 0.1) is 10.7 Å². The van der Waals surface area contributed by atoms with E-state index in [-0.39, 0.29) is 5.57 Å². The van der Waals surface area contributed by atoms with Crippen LogP contribution in [0.5, 0.6) is 0 Å². The van der Waals surface area contributed by atoms with E-state index in [1.165, 1.54) is 0 Å². The van der Waals surface area contributed by atoms with Gasteiger partial charge in [0.25, 0.3) is 5.91 Å². The van der Waals surface area contributed by atoms with Crippen molar-refractivity contribution in [2.24, 2.45) is 0 Å². The van der Waals surface area contributed by atoms with Crippen LogP contribution in [0.2, 0.25) is 10.0 Å². The Labute approximate surface area is 177 Å². The number of rotatable bonds is 3. The molecule has 0 spiro atoms. The van der Waals surface area contributed by atoms with Crippen molar-refractivity contribution in [2.75, 3.05) is 5.32 Å². The topological polar surface area (TPSA) is 52.9 Å². The SMILES string of the molecule is N#C/C(=C\c1c2ccccc2cc2ccccc12)C(=O)Nc1cc(Cl)ccc1Cl. The summed E-state index contributed by atoms with van der Waals surface area (Å²) in [7, 11) is 0. The van der Waals surface area contributed by atoms with Crippen molar-refractivity contribution in [2.45, 2.75) is 0 Å². The summed E-state index contributed by atoms with van der Waals surface area (Å²) in [5, 5.41) is 17.1. The zero-order valence-corrected chi connectivity index (χ0v) is 16.6. The Morgan fingerprint density at radius 2 is 1.52 bits per heavy atom. The lowest BCUT2D eigenvalue weighted by atomic mass is 9.95. The van der Waals surface area contributed by atoms with Crippen molar-refractivity contribution in [1.29, 1.82) is 5.26 Å². The van der Waals surface area contributed by atoms with Gasteiger partial charge in [-0.1, -0.05) is 71.7 Å². The molecule has 0 bridgehead atoms.